The molecule has 1 aliphatic rings. The lowest BCUT2D eigenvalue weighted by Gasteiger charge is -2.39. The van der Waals surface area contributed by atoms with Gasteiger partial charge in [-0.2, -0.15) is 0 Å². The smallest absolute Gasteiger partial charge is 0.319 e. The second-order valence-corrected chi connectivity index (χ2v) is 7.65. The van der Waals surface area contributed by atoms with Crippen LogP contribution in [0.25, 0.3) is 10.9 Å². The van der Waals surface area contributed by atoms with Gasteiger partial charge >= 0.3 is 6.03 Å². The lowest BCUT2D eigenvalue weighted by molar-refractivity contribution is -0.0824. The number of aryl methyl sites for hydroxylation is 1. The van der Waals surface area contributed by atoms with Gasteiger partial charge in [-0.05, 0) is 37.6 Å². The number of aromatic nitrogens is 1. The van der Waals surface area contributed by atoms with Crippen LogP contribution in [0.4, 0.5) is 19.3 Å². The van der Waals surface area contributed by atoms with Gasteiger partial charge in [-0.25, -0.2) is 13.6 Å². The first-order valence-corrected chi connectivity index (χ1v) is 9.53. The Balaban J connectivity index is 1.62. The highest BCUT2D eigenvalue weighted by Gasteiger charge is 2.44. The molecule has 0 bridgehead atoms. The Morgan fingerprint density at radius 1 is 1.20 bits per heavy atom. The molecule has 0 fully saturated rings. The van der Waals surface area contributed by atoms with E-state index in [4.69, 9.17) is 4.74 Å². The van der Waals surface area contributed by atoms with Gasteiger partial charge in [0.25, 0.3) is 6.43 Å². The number of H-pyrrole nitrogens is 1. The number of anilines is 1. The second kappa shape index (κ2) is 7.44. The van der Waals surface area contributed by atoms with Crippen molar-refractivity contribution in [1.29, 1.82) is 0 Å². The summed E-state index contributed by atoms with van der Waals surface area (Å²) in [4.78, 5) is 27.1. The van der Waals surface area contributed by atoms with E-state index in [1.165, 1.54) is 13.0 Å². The van der Waals surface area contributed by atoms with Crippen molar-refractivity contribution in [1.82, 2.24) is 10.3 Å². The van der Waals surface area contributed by atoms with Gasteiger partial charge in [0, 0.05) is 23.4 Å². The molecule has 0 spiro atoms. The van der Waals surface area contributed by atoms with Crippen molar-refractivity contribution in [2.24, 2.45) is 0 Å². The van der Waals surface area contributed by atoms with Gasteiger partial charge in [0.05, 0.1) is 17.2 Å². The first-order valence-electron chi connectivity index (χ1n) is 9.53. The normalized spacial score (nSPS) is 20.5. The van der Waals surface area contributed by atoms with E-state index in [-0.39, 0.29) is 12.0 Å². The van der Waals surface area contributed by atoms with Crippen molar-refractivity contribution in [2.45, 2.75) is 38.3 Å². The van der Waals surface area contributed by atoms with E-state index in [9.17, 15) is 18.4 Å². The van der Waals surface area contributed by atoms with E-state index < -0.39 is 24.1 Å². The van der Waals surface area contributed by atoms with Crippen LogP contribution in [0.3, 0.4) is 0 Å². The summed E-state index contributed by atoms with van der Waals surface area (Å²) in [5.41, 5.74) is 0.621. The number of aromatic amines is 1. The first kappa shape index (κ1) is 19.9. The van der Waals surface area contributed by atoms with Gasteiger partial charge in [-0.1, -0.05) is 24.3 Å². The van der Waals surface area contributed by atoms with Crippen LogP contribution >= 0.6 is 0 Å². The monoisotopic (exact) mass is 413 g/mol. The predicted octanol–water partition coefficient (Wildman–Crippen LogP) is 4.51. The number of amides is 2. The van der Waals surface area contributed by atoms with Crippen molar-refractivity contribution in [2.75, 3.05) is 5.32 Å². The lowest BCUT2D eigenvalue weighted by Crippen LogP contribution is -2.48. The van der Waals surface area contributed by atoms with Crippen LogP contribution < -0.4 is 20.9 Å². The van der Waals surface area contributed by atoms with Gasteiger partial charge < -0.3 is 20.4 Å². The van der Waals surface area contributed by atoms with Crippen molar-refractivity contribution in [3.05, 3.63) is 70.0 Å². The molecule has 2 atom stereocenters. The van der Waals surface area contributed by atoms with Gasteiger partial charge in [-0.3, -0.25) is 4.79 Å². The number of urea groups is 1. The van der Waals surface area contributed by atoms with Crippen molar-refractivity contribution >= 4 is 22.6 Å². The summed E-state index contributed by atoms with van der Waals surface area (Å²) in [5, 5.41) is 6.28. The molecule has 0 saturated carbocycles. The highest BCUT2D eigenvalue weighted by Crippen LogP contribution is 2.42. The van der Waals surface area contributed by atoms with Gasteiger partial charge in [-0.15, -0.1) is 0 Å². The zero-order valence-electron chi connectivity index (χ0n) is 16.5. The molecule has 1 aromatic heterocycles. The maximum atomic E-state index is 13.6. The Bertz CT molecular complexity index is 1180. The standard InChI is InChI=1S/C22H21F2N3O3/c1-12-7-9-15-14(8-10-18(28)25-15)19(12)27-21(29)26-16-11-22(2,20(23)24)30-17-6-4-3-5-13(16)17/h3-10,16,20H,11H2,1-2H3,(H,25,28)(H2,26,27,29)/t16-,22+/m1/s1. The van der Waals surface area contributed by atoms with E-state index in [1.54, 1.807) is 42.5 Å². The number of nitrogens with one attached hydrogen (secondary N) is 3. The Morgan fingerprint density at radius 2 is 1.97 bits per heavy atom. The van der Waals surface area contributed by atoms with Gasteiger partial charge in [0.1, 0.15) is 5.75 Å². The number of hydrogen-bond acceptors (Lipinski definition) is 3. The Kier molecular flexibility index (Phi) is 4.93. The van der Waals surface area contributed by atoms with Crippen LogP contribution in [-0.4, -0.2) is 23.0 Å². The molecule has 6 nitrogen and oxygen atoms in total. The third-order valence-corrected chi connectivity index (χ3v) is 5.37. The van der Waals surface area contributed by atoms with Crippen LogP contribution in [0.5, 0.6) is 5.75 Å². The Morgan fingerprint density at radius 3 is 2.73 bits per heavy atom. The van der Waals surface area contributed by atoms with E-state index in [0.29, 0.717) is 27.9 Å². The molecule has 3 N–H and O–H groups in total. The minimum absolute atomic E-state index is 0.0725. The molecule has 0 unspecified atom stereocenters. The Labute approximate surface area is 171 Å². The van der Waals surface area contributed by atoms with E-state index in [0.717, 1.165) is 5.56 Å². The van der Waals surface area contributed by atoms with E-state index in [1.807, 2.05) is 6.92 Å². The number of fused-ring (bicyclic) bond motifs is 2. The summed E-state index contributed by atoms with van der Waals surface area (Å²) in [5.74, 6) is 0.329. The maximum Gasteiger partial charge on any atom is 0.319 e. The molecule has 3 aromatic rings. The minimum atomic E-state index is -2.71. The zero-order valence-corrected chi connectivity index (χ0v) is 16.5. The van der Waals surface area contributed by atoms with Crippen LogP contribution in [0.1, 0.15) is 30.5 Å². The third kappa shape index (κ3) is 3.60. The summed E-state index contributed by atoms with van der Waals surface area (Å²) < 4.78 is 32.8. The molecular weight excluding hydrogens is 392 g/mol. The molecule has 2 amide bonds. The summed E-state index contributed by atoms with van der Waals surface area (Å²) in [6.07, 6.45) is -2.79. The molecule has 2 aromatic carbocycles. The number of carbonyl (C=O) groups excluding carboxylic acids is 1. The summed E-state index contributed by atoms with van der Waals surface area (Å²) in [7, 11) is 0. The fraction of sp³-hybridized carbons (Fsp3) is 0.273. The number of halogens is 2. The molecule has 0 aliphatic carbocycles. The van der Waals surface area contributed by atoms with Crippen LogP contribution in [0.2, 0.25) is 0 Å². The minimum Gasteiger partial charge on any atom is -0.481 e. The molecule has 4 rings (SSSR count). The number of alkyl halides is 2. The number of ether oxygens (including phenoxy) is 1. The highest BCUT2D eigenvalue weighted by atomic mass is 19.3. The molecule has 0 saturated heterocycles. The van der Waals surface area contributed by atoms with Crippen LogP contribution in [-0.2, 0) is 0 Å². The highest BCUT2D eigenvalue weighted by molar-refractivity contribution is 6.01. The van der Waals surface area contributed by atoms with Gasteiger partial charge in [0.2, 0.25) is 5.56 Å². The van der Waals surface area contributed by atoms with Crippen LogP contribution in [0.15, 0.2) is 53.3 Å². The molecule has 30 heavy (non-hydrogen) atoms. The number of rotatable bonds is 3. The van der Waals surface area contributed by atoms with Gasteiger partial charge in [0.15, 0.2) is 5.60 Å². The zero-order chi connectivity index (χ0) is 21.5. The average molecular weight is 413 g/mol. The molecule has 1 aliphatic heterocycles. The number of hydrogen-bond donors (Lipinski definition) is 3. The largest absolute Gasteiger partial charge is 0.481 e. The number of para-hydroxylation sites is 1. The number of carbonyl (C=O) groups is 1. The summed E-state index contributed by atoms with van der Waals surface area (Å²) in [6.45, 7) is 3.17. The summed E-state index contributed by atoms with van der Waals surface area (Å²) >= 11 is 0. The predicted molar refractivity (Wildman–Crippen MR) is 110 cm³/mol. The lowest BCUT2D eigenvalue weighted by atomic mass is 9.88. The molecule has 2 heterocycles. The SMILES string of the molecule is Cc1ccc2[nH]c(=O)ccc2c1NC(=O)N[C@@H]1C[C@@](C)(C(F)F)Oc2ccccc21. The number of benzene rings is 2. The maximum absolute atomic E-state index is 13.6. The van der Waals surface area contributed by atoms with Crippen molar-refractivity contribution < 1.29 is 18.3 Å². The fourth-order valence-electron chi connectivity index (χ4n) is 3.75. The summed E-state index contributed by atoms with van der Waals surface area (Å²) in [6, 6.07) is 12.2. The quantitative estimate of drug-likeness (QED) is 0.591. The molecule has 156 valence electrons. The molecular formula is C22H21F2N3O3. The van der Waals surface area contributed by atoms with Crippen LogP contribution in [0, 0.1) is 6.92 Å². The third-order valence-electron chi connectivity index (χ3n) is 5.37. The second-order valence-electron chi connectivity index (χ2n) is 7.65. The van der Waals surface area contributed by atoms with Crippen molar-refractivity contribution in [3.63, 3.8) is 0 Å². The van der Waals surface area contributed by atoms with E-state index in [2.05, 4.69) is 15.6 Å². The molecule has 8 heteroatoms. The molecule has 0 radical (unpaired) electrons. The topological polar surface area (TPSA) is 83.2 Å². The number of pyridine rings is 1. The first-order chi connectivity index (χ1) is 14.3. The van der Waals surface area contributed by atoms with Crippen molar-refractivity contribution in [3.8, 4) is 5.75 Å². The average Bonchev–Trinajstić information content (AvgIpc) is 2.70. The fourth-order valence-corrected chi connectivity index (χ4v) is 3.75. The van der Waals surface area contributed by atoms with E-state index >= 15 is 0 Å². The Hall–Kier alpha value is -3.42.